The number of rotatable bonds is 36. The molecule has 0 aromatic carbocycles. The molecule has 0 amide bonds. The summed E-state index contributed by atoms with van der Waals surface area (Å²) in [5.74, 6) is -0.177. The third-order valence-electron chi connectivity index (χ3n) is 11.6. The Morgan fingerprint density at radius 2 is 0.984 bits per heavy atom. The van der Waals surface area contributed by atoms with Crippen LogP contribution >= 0.6 is 0 Å². The normalized spacial score (nSPS) is 21.6. The molecule has 0 aromatic heterocycles. The fourth-order valence-electron chi connectivity index (χ4n) is 9.33. The van der Waals surface area contributed by atoms with Crippen LogP contribution in [-0.2, 0) is 36.4 Å². The number of carbonyl (C=O) groups is 1. The first-order chi connectivity index (χ1) is 29.1. The van der Waals surface area contributed by atoms with Gasteiger partial charge < -0.3 is 31.6 Å². The van der Waals surface area contributed by atoms with E-state index in [0.29, 0.717) is 6.42 Å². The summed E-state index contributed by atoms with van der Waals surface area (Å²) in [5, 5.41) is 0. The van der Waals surface area contributed by atoms with E-state index >= 15 is 0 Å². The maximum atomic E-state index is 12.4. The second-order valence-electron chi connectivity index (χ2n) is 24.3. The van der Waals surface area contributed by atoms with Crippen LogP contribution in [0.1, 0.15) is 155 Å². The van der Waals surface area contributed by atoms with Crippen LogP contribution in [-0.4, -0.2) is 96.4 Å². The molecule has 8 atom stereocenters. The van der Waals surface area contributed by atoms with E-state index < -0.39 is 41.6 Å². The van der Waals surface area contributed by atoms with Gasteiger partial charge in [0.1, 0.15) is 6.10 Å². The predicted octanol–water partition coefficient (Wildman–Crippen LogP) is 15.3. The third-order valence-corrected chi connectivity index (χ3v) is 16.7. The molecular formula is C50H104O8Si5. The predicted molar refractivity (Wildman–Crippen MR) is 281 cm³/mol. The van der Waals surface area contributed by atoms with Crippen LogP contribution in [0.5, 0.6) is 0 Å². The number of esters is 1. The Labute approximate surface area is 395 Å². The van der Waals surface area contributed by atoms with E-state index in [1.54, 1.807) is 0 Å². The van der Waals surface area contributed by atoms with Gasteiger partial charge in [-0.15, -0.1) is 0 Å². The zero-order valence-electron chi connectivity index (χ0n) is 44.5. The molecule has 2 heterocycles. The van der Waals surface area contributed by atoms with Crippen molar-refractivity contribution in [1.82, 2.24) is 0 Å². The SMILES string of the molecule is CCCCCCCCCCCCC(O[Si](C)(C)C)C(CC[C@H](O[Si](C)(C)C)[C@@H]1CC[C@@H](C[C@@H](CCCCC[C@H](CC2=C[C@H](C)OC2=O)O[Si](C)(C)C)O[Si](C)(C)C)O1)O[Si](C)(C)C. The van der Waals surface area contributed by atoms with Gasteiger partial charge in [-0.2, -0.15) is 0 Å². The van der Waals surface area contributed by atoms with Crippen LogP contribution in [0.2, 0.25) is 98.2 Å². The van der Waals surface area contributed by atoms with Gasteiger partial charge in [0, 0.05) is 24.2 Å². The van der Waals surface area contributed by atoms with Crippen molar-refractivity contribution in [2.45, 2.75) is 302 Å². The van der Waals surface area contributed by atoms with Crippen molar-refractivity contribution in [2.75, 3.05) is 0 Å². The van der Waals surface area contributed by atoms with Gasteiger partial charge in [-0.05, 0) is 163 Å². The second-order valence-corrected chi connectivity index (χ2v) is 46.6. The van der Waals surface area contributed by atoms with Crippen LogP contribution in [0.25, 0.3) is 0 Å². The molecule has 0 radical (unpaired) electrons. The van der Waals surface area contributed by atoms with Crippen LogP contribution in [0, 0.1) is 0 Å². The molecule has 2 aliphatic heterocycles. The lowest BCUT2D eigenvalue weighted by molar-refractivity contribution is -0.139. The Morgan fingerprint density at radius 3 is 1.48 bits per heavy atom. The fraction of sp³-hybridized carbons (Fsp3) is 0.940. The van der Waals surface area contributed by atoms with Crippen molar-refractivity contribution in [3.63, 3.8) is 0 Å². The summed E-state index contributed by atoms with van der Waals surface area (Å²) in [4.78, 5) is 12.4. The molecule has 0 saturated carbocycles. The highest BCUT2D eigenvalue weighted by Crippen LogP contribution is 2.34. The van der Waals surface area contributed by atoms with E-state index in [4.69, 9.17) is 31.6 Å². The summed E-state index contributed by atoms with van der Waals surface area (Å²) in [5.41, 5.74) is 0.779. The topological polar surface area (TPSA) is 81.7 Å². The van der Waals surface area contributed by atoms with Crippen molar-refractivity contribution in [1.29, 1.82) is 0 Å². The van der Waals surface area contributed by atoms with Crippen molar-refractivity contribution in [2.24, 2.45) is 0 Å². The van der Waals surface area contributed by atoms with E-state index in [-0.39, 0.29) is 54.8 Å². The minimum absolute atomic E-state index is 0.0608. The Balaban J connectivity index is 2.06. The number of unbranched alkanes of at least 4 members (excludes halogenated alkanes) is 11. The molecule has 0 spiro atoms. The second kappa shape index (κ2) is 28.5. The van der Waals surface area contributed by atoms with Gasteiger partial charge in [0.2, 0.25) is 0 Å². The number of ether oxygens (including phenoxy) is 2. The van der Waals surface area contributed by atoms with Gasteiger partial charge in [-0.25, -0.2) is 4.79 Å². The first-order valence-corrected chi connectivity index (χ1v) is 43.1. The third kappa shape index (κ3) is 29.5. The van der Waals surface area contributed by atoms with Crippen LogP contribution in [0.15, 0.2) is 11.6 Å². The lowest BCUT2D eigenvalue weighted by atomic mass is 9.97. The maximum absolute atomic E-state index is 12.4. The quantitative estimate of drug-likeness (QED) is 0.0349. The Bertz CT molecular complexity index is 1280. The molecule has 8 nitrogen and oxygen atoms in total. The Morgan fingerprint density at radius 1 is 0.540 bits per heavy atom. The molecule has 0 bridgehead atoms. The molecule has 2 rings (SSSR count). The standard InChI is InChI=1S/C50H104O8Si5/c1-18-19-20-21-22-23-24-25-26-30-33-47(56-61(9,10)11)49(58-63(15,16)17)37-36-48(57-62(12,13)14)46-35-34-43(53-46)40-45(55-60(6,7)8)32-29-27-28-31-44(54-59(3,4)5)39-42-38-41(2)52-50(42)51/h38,41,43-49H,18-37,39-40H2,1-17H3/t41-,43-,44+,45+,46-,47?,48-,49?/m0/s1. The van der Waals surface area contributed by atoms with Crippen molar-refractivity contribution in [3.8, 4) is 0 Å². The summed E-state index contributed by atoms with van der Waals surface area (Å²) in [6.07, 6.45) is 28.1. The smallest absolute Gasteiger partial charge is 0.334 e. The van der Waals surface area contributed by atoms with Gasteiger partial charge in [-0.3, -0.25) is 0 Å². The monoisotopic (exact) mass is 973 g/mol. The lowest BCUT2D eigenvalue weighted by Crippen LogP contribution is -2.46. The molecule has 13 heteroatoms. The molecule has 0 N–H and O–H groups in total. The van der Waals surface area contributed by atoms with Crippen LogP contribution in [0.3, 0.4) is 0 Å². The highest BCUT2D eigenvalue weighted by molar-refractivity contribution is 6.71. The average Bonchev–Trinajstić information content (AvgIpc) is 3.71. The zero-order chi connectivity index (χ0) is 47.5. The Kier molecular flexibility index (Phi) is 26.8. The highest BCUT2D eigenvalue weighted by atomic mass is 28.4. The largest absolute Gasteiger partial charge is 0.455 e. The van der Waals surface area contributed by atoms with E-state index in [0.717, 1.165) is 76.2 Å². The number of hydrogen-bond donors (Lipinski definition) is 0. The van der Waals surface area contributed by atoms with Gasteiger partial charge in [0.25, 0.3) is 0 Å². The van der Waals surface area contributed by atoms with Gasteiger partial charge >= 0.3 is 5.97 Å². The Hall–Kier alpha value is 0.0544. The van der Waals surface area contributed by atoms with E-state index in [1.165, 1.54) is 64.2 Å². The number of cyclic esters (lactones) is 1. The summed E-state index contributed by atoms with van der Waals surface area (Å²) in [6, 6.07) is 0. The lowest BCUT2D eigenvalue weighted by Gasteiger charge is -2.38. The number of carbonyl (C=O) groups excluding carboxylic acids is 1. The van der Waals surface area contributed by atoms with E-state index in [9.17, 15) is 4.79 Å². The highest BCUT2D eigenvalue weighted by Gasteiger charge is 2.39. The maximum Gasteiger partial charge on any atom is 0.334 e. The van der Waals surface area contributed by atoms with Gasteiger partial charge in [-0.1, -0.05) is 90.4 Å². The van der Waals surface area contributed by atoms with E-state index in [1.807, 2.05) is 13.0 Å². The van der Waals surface area contributed by atoms with E-state index in [2.05, 4.69) is 105 Å². The minimum atomic E-state index is -1.86. The molecule has 1 fully saturated rings. The molecule has 0 aliphatic carbocycles. The number of hydrogen-bond acceptors (Lipinski definition) is 8. The van der Waals surface area contributed by atoms with Crippen LogP contribution < -0.4 is 0 Å². The first kappa shape index (κ1) is 59.2. The molecule has 372 valence electrons. The molecule has 0 aromatic rings. The average molecular weight is 974 g/mol. The van der Waals surface area contributed by atoms with Crippen molar-refractivity contribution < 1.29 is 36.4 Å². The molecule has 63 heavy (non-hydrogen) atoms. The molecule has 2 unspecified atom stereocenters. The zero-order valence-corrected chi connectivity index (χ0v) is 49.5. The molecular weight excluding hydrogens is 869 g/mol. The molecule has 1 saturated heterocycles. The summed E-state index contributed by atoms with van der Waals surface area (Å²) in [6.45, 7) is 38.8. The molecule has 2 aliphatic rings. The first-order valence-electron chi connectivity index (χ1n) is 26.1. The summed E-state index contributed by atoms with van der Waals surface area (Å²) >= 11 is 0. The van der Waals surface area contributed by atoms with Gasteiger partial charge in [0.05, 0.1) is 30.5 Å². The van der Waals surface area contributed by atoms with Crippen LogP contribution in [0.4, 0.5) is 0 Å². The summed E-state index contributed by atoms with van der Waals surface area (Å²) in [7, 11) is -9.04. The van der Waals surface area contributed by atoms with Gasteiger partial charge in [0.15, 0.2) is 41.6 Å². The summed E-state index contributed by atoms with van der Waals surface area (Å²) < 4.78 is 47.1. The minimum Gasteiger partial charge on any atom is -0.455 e. The van der Waals surface area contributed by atoms with Crippen molar-refractivity contribution >= 4 is 47.6 Å². The fourth-order valence-corrected chi connectivity index (χ4v) is 15.3. The van der Waals surface area contributed by atoms with Crippen molar-refractivity contribution in [3.05, 3.63) is 11.6 Å².